The van der Waals surface area contributed by atoms with E-state index in [0.29, 0.717) is 23.5 Å². The lowest BCUT2D eigenvalue weighted by molar-refractivity contribution is 0.102. The molecule has 0 spiro atoms. The van der Waals surface area contributed by atoms with E-state index >= 15 is 0 Å². The SMILES string of the molecule is O=C(Nc1ccn(Cc2ccccc2F)n1)c1ccncc1. The van der Waals surface area contributed by atoms with Crippen LogP contribution < -0.4 is 5.32 Å². The van der Waals surface area contributed by atoms with Crippen LogP contribution in [0.4, 0.5) is 10.2 Å². The molecule has 0 atom stereocenters. The summed E-state index contributed by atoms with van der Waals surface area (Å²) in [6.45, 7) is 0.303. The molecule has 0 unspecified atom stereocenters. The monoisotopic (exact) mass is 296 g/mol. The summed E-state index contributed by atoms with van der Waals surface area (Å²) in [5, 5.41) is 6.90. The summed E-state index contributed by atoms with van der Waals surface area (Å²) in [5.41, 5.74) is 1.04. The predicted molar refractivity (Wildman–Crippen MR) is 79.9 cm³/mol. The number of hydrogen-bond donors (Lipinski definition) is 1. The van der Waals surface area contributed by atoms with Crippen molar-refractivity contribution < 1.29 is 9.18 Å². The van der Waals surface area contributed by atoms with E-state index in [-0.39, 0.29) is 11.7 Å². The van der Waals surface area contributed by atoms with Gasteiger partial charge in [-0.25, -0.2) is 4.39 Å². The number of carbonyl (C=O) groups is 1. The summed E-state index contributed by atoms with van der Waals surface area (Å²) in [5.74, 6) is -0.128. The van der Waals surface area contributed by atoms with Gasteiger partial charge in [-0.3, -0.25) is 14.5 Å². The van der Waals surface area contributed by atoms with E-state index in [2.05, 4.69) is 15.4 Å². The fourth-order valence-electron chi connectivity index (χ4n) is 2.01. The van der Waals surface area contributed by atoms with Crippen LogP contribution in [0.15, 0.2) is 61.1 Å². The Morgan fingerprint density at radius 1 is 1.14 bits per heavy atom. The van der Waals surface area contributed by atoms with Crippen LogP contribution in [0, 0.1) is 5.82 Å². The highest BCUT2D eigenvalue weighted by molar-refractivity contribution is 6.03. The average Bonchev–Trinajstić information content (AvgIpc) is 2.97. The third kappa shape index (κ3) is 3.17. The molecule has 2 heterocycles. The van der Waals surface area contributed by atoms with E-state index in [1.807, 2.05) is 0 Å². The molecule has 3 aromatic rings. The molecule has 1 amide bonds. The number of aromatic nitrogens is 3. The summed E-state index contributed by atoms with van der Waals surface area (Å²) in [7, 11) is 0. The van der Waals surface area contributed by atoms with Gasteiger partial charge in [0.25, 0.3) is 5.91 Å². The van der Waals surface area contributed by atoms with Gasteiger partial charge < -0.3 is 5.32 Å². The van der Waals surface area contributed by atoms with Gasteiger partial charge in [0.15, 0.2) is 5.82 Å². The van der Waals surface area contributed by atoms with Crippen molar-refractivity contribution in [2.24, 2.45) is 0 Å². The Balaban J connectivity index is 1.69. The molecule has 0 aliphatic carbocycles. The minimum atomic E-state index is -0.277. The summed E-state index contributed by atoms with van der Waals surface area (Å²) in [6, 6.07) is 11.4. The van der Waals surface area contributed by atoms with Crippen LogP contribution in [0.3, 0.4) is 0 Å². The molecule has 0 aliphatic rings. The number of amides is 1. The molecular weight excluding hydrogens is 283 g/mol. The summed E-state index contributed by atoms with van der Waals surface area (Å²) >= 11 is 0. The minimum absolute atomic E-state index is 0.265. The van der Waals surface area contributed by atoms with Gasteiger partial charge in [-0.05, 0) is 18.2 Å². The Kier molecular flexibility index (Phi) is 3.91. The van der Waals surface area contributed by atoms with Crippen LogP contribution in [-0.4, -0.2) is 20.7 Å². The molecule has 5 nitrogen and oxygen atoms in total. The lowest BCUT2D eigenvalue weighted by Crippen LogP contribution is -2.13. The zero-order valence-corrected chi connectivity index (χ0v) is 11.6. The predicted octanol–water partition coefficient (Wildman–Crippen LogP) is 2.72. The Hall–Kier alpha value is -3.02. The first kappa shape index (κ1) is 13.9. The first-order valence-electron chi connectivity index (χ1n) is 6.70. The van der Waals surface area contributed by atoms with Gasteiger partial charge in [-0.2, -0.15) is 5.10 Å². The molecule has 3 rings (SSSR count). The third-order valence-electron chi connectivity index (χ3n) is 3.11. The topological polar surface area (TPSA) is 59.8 Å². The maximum atomic E-state index is 13.6. The van der Waals surface area contributed by atoms with Crippen molar-refractivity contribution in [3.05, 3.63) is 78.0 Å². The molecule has 2 aromatic heterocycles. The van der Waals surface area contributed by atoms with E-state index in [4.69, 9.17) is 0 Å². The fraction of sp³-hybridized carbons (Fsp3) is 0.0625. The van der Waals surface area contributed by atoms with Crippen molar-refractivity contribution in [3.63, 3.8) is 0 Å². The molecule has 0 bridgehead atoms. The quantitative estimate of drug-likeness (QED) is 0.805. The fourth-order valence-corrected chi connectivity index (χ4v) is 2.01. The third-order valence-corrected chi connectivity index (χ3v) is 3.11. The van der Waals surface area contributed by atoms with Crippen molar-refractivity contribution in [1.29, 1.82) is 0 Å². The van der Waals surface area contributed by atoms with Gasteiger partial charge in [0.05, 0.1) is 6.54 Å². The summed E-state index contributed by atoms with van der Waals surface area (Å²) in [4.78, 5) is 15.8. The highest BCUT2D eigenvalue weighted by Crippen LogP contribution is 2.11. The van der Waals surface area contributed by atoms with Crippen molar-refractivity contribution in [2.45, 2.75) is 6.54 Å². The van der Waals surface area contributed by atoms with Crippen LogP contribution in [0.25, 0.3) is 0 Å². The zero-order valence-electron chi connectivity index (χ0n) is 11.6. The van der Waals surface area contributed by atoms with Crippen LogP contribution >= 0.6 is 0 Å². The number of nitrogens with zero attached hydrogens (tertiary/aromatic N) is 3. The average molecular weight is 296 g/mol. The van der Waals surface area contributed by atoms with Gasteiger partial charge in [0.1, 0.15) is 5.82 Å². The number of benzene rings is 1. The number of nitrogens with one attached hydrogen (secondary N) is 1. The van der Waals surface area contributed by atoms with E-state index < -0.39 is 0 Å². The second kappa shape index (κ2) is 6.17. The van der Waals surface area contributed by atoms with E-state index in [0.717, 1.165) is 0 Å². The first-order chi connectivity index (χ1) is 10.7. The van der Waals surface area contributed by atoms with E-state index in [1.54, 1.807) is 59.7 Å². The van der Waals surface area contributed by atoms with Crippen molar-refractivity contribution in [1.82, 2.24) is 14.8 Å². The lowest BCUT2D eigenvalue weighted by atomic mass is 10.2. The van der Waals surface area contributed by atoms with Gasteiger partial charge in [0, 0.05) is 35.8 Å². The molecular formula is C16H13FN4O. The highest BCUT2D eigenvalue weighted by atomic mass is 19.1. The molecule has 0 radical (unpaired) electrons. The largest absolute Gasteiger partial charge is 0.305 e. The molecule has 110 valence electrons. The van der Waals surface area contributed by atoms with Crippen LogP contribution in [0.5, 0.6) is 0 Å². The lowest BCUT2D eigenvalue weighted by Gasteiger charge is -2.04. The normalized spacial score (nSPS) is 10.4. The second-order valence-electron chi connectivity index (χ2n) is 4.68. The standard InChI is InChI=1S/C16H13FN4O/c17-14-4-2-1-3-13(14)11-21-10-7-15(20-21)19-16(22)12-5-8-18-9-6-12/h1-10H,11H2,(H,19,20,22). The zero-order chi connectivity index (χ0) is 15.4. The van der Waals surface area contributed by atoms with E-state index in [9.17, 15) is 9.18 Å². The summed E-state index contributed by atoms with van der Waals surface area (Å²) in [6.07, 6.45) is 4.78. The van der Waals surface area contributed by atoms with Crippen molar-refractivity contribution >= 4 is 11.7 Å². The number of hydrogen-bond acceptors (Lipinski definition) is 3. The van der Waals surface area contributed by atoms with Gasteiger partial charge in [-0.1, -0.05) is 18.2 Å². The van der Waals surface area contributed by atoms with Crippen molar-refractivity contribution in [2.75, 3.05) is 5.32 Å². The molecule has 0 fully saturated rings. The number of halogens is 1. The Labute approximate surface area is 126 Å². The molecule has 0 saturated heterocycles. The Morgan fingerprint density at radius 2 is 1.91 bits per heavy atom. The maximum absolute atomic E-state index is 13.6. The van der Waals surface area contributed by atoms with Crippen LogP contribution in [0.2, 0.25) is 0 Å². The second-order valence-corrected chi connectivity index (χ2v) is 4.68. The van der Waals surface area contributed by atoms with Crippen LogP contribution in [-0.2, 0) is 6.54 Å². The minimum Gasteiger partial charge on any atom is -0.305 e. The van der Waals surface area contributed by atoms with Crippen molar-refractivity contribution in [3.8, 4) is 0 Å². The molecule has 0 aliphatic heterocycles. The van der Waals surface area contributed by atoms with Gasteiger partial charge in [-0.15, -0.1) is 0 Å². The highest BCUT2D eigenvalue weighted by Gasteiger charge is 2.08. The number of pyridine rings is 1. The Morgan fingerprint density at radius 3 is 2.68 bits per heavy atom. The van der Waals surface area contributed by atoms with Crippen LogP contribution in [0.1, 0.15) is 15.9 Å². The van der Waals surface area contributed by atoms with Gasteiger partial charge in [0.2, 0.25) is 0 Å². The Bertz CT molecular complexity index is 786. The first-order valence-corrected chi connectivity index (χ1v) is 6.70. The maximum Gasteiger partial charge on any atom is 0.256 e. The molecule has 6 heteroatoms. The number of carbonyl (C=O) groups excluding carboxylic acids is 1. The smallest absolute Gasteiger partial charge is 0.256 e. The number of anilines is 1. The van der Waals surface area contributed by atoms with E-state index in [1.165, 1.54) is 6.07 Å². The van der Waals surface area contributed by atoms with Gasteiger partial charge >= 0.3 is 0 Å². The molecule has 22 heavy (non-hydrogen) atoms. The molecule has 1 aromatic carbocycles. The summed E-state index contributed by atoms with van der Waals surface area (Å²) < 4.78 is 15.2. The molecule has 1 N–H and O–H groups in total. The molecule has 0 saturated carbocycles. The number of rotatable bonds is 4.